The van der Waals surface area contributed by atoms with Crippen molar-refractivity contribution in [1.29, 1.82) is 0 Å². The molecule has 0 saturated carbocycles. The van der Waals surface area contributed by atoms with Crippen LogP contribution < -0.4 is 4.74 Å². The number of rotatable bonds is 7. The second-order valence-corrected chi connectivity index (χ2v) is 9.19. The highest BCUT2D eigenvalue weighted by atomic mass is 35.5. The predicted octanol–water partition coefficient (Wildman–Crippen LogP) is 7.23. The summed E-state index contributed by atoms with van der Waals surface area (Å²) in [7, 11) is 0. The zero-order valence-electron chi connectivity index (χ0n) is 19.0. The van der Waals surface area contributed by atoms with Gasteiger partial charge in [-0.1, -0.05) is 54.1 Å². The molecule has 6 nitrogen and oxygen atoms in total. The number of thioether (sulfide) groups is 1. The van der Waals surface area contributed by atoms with Gasteiger partial charge in [0, 0.05) is 5.02 Å². The molecule has 8 heteroatoms. The predicted molar refractivity (Wildman–Crippen MR) is 144 cm³/mol. The highest BCUT2D eigenvalue weighted by molar-refractivity contribution is 8.18. The third-order valence-corrected chi connectivity index (χ3v) is 6.39. The van der Waals surface area contributed by atoms with E-state index < -0.39 is 0 Å². The van der Waals surface area contributed by atoms with E-state index in [0.717, 1.165) is 16.9 Å². The average Bonchev–Trinajstić information content (AvgIpc) is 3.51. The van der Waals surface area contributed by atoms with E-state index in [1.54, 1.807) is 35.6 Å². The monoisotopic (exact) mass is 513 g/mol. The number of amides is 1. The molecule has 1 aliphatic rings. The summed E-state index contributed by atoms with van der Waals surface area (Å²) in [6, 6.07) is 28.0. The minimum atomic E-state index is -0.168. The molecule has 1 aromatic heterocycles. The van der Waals surface area contributed by atoms with Gasteiger partial charge in [0.2, 0.25) is 0 Å². The van der Waals surface area contributed by atoms with Gasteiger partial charge in [-0.05, 0) is 77.5 Å². The number of nitrogens with zero attached hydrogens (tertiary/aromatic N) is 3. The maximum Gasteiger partial charge on any atom is 0.267 e. The minimum absolute atomic E-state index is 0.168. The molecule has 2 heterocycles. The normalized spacial score (nSPS) is 15.9. The van der Waals surface area contributed by atoms with Gasteiger partial charge >= 0.3 is 0 Å². The molecule has 0 spiro atoms. The van der Waals surface area contributed by atoms with Crippen molar-refractivity contribution in [2.24, 2.45) is 10.2 Å². The van der Waals surface area contributed by atoms with Crippen molar-refractivity contribution >= 4 is 46.7 Å². The van der Waals surface area contributed by atoms with Crippen LogP contribution in [0.2, 0.25) is 5.02 Å². The van der Waals surface area contributed by atoms with Crippen molar-refractivity contribution in [2.45, 2.75) is 6.54 Å². The number of halogens is 1. The van der Waals surface area contributed by atoms with Crippen molar-refractivity contribution in [3.05, 3.63) is 124 Å². The minimum Gasteiger partial charge on any atom is -0.467 e. The van der Waals surface area contributed by atoms with Gasteiger partial charge < -0.3 is 9.15 Å². The quantitative estimate of drug-likeness (QED) is 0.148. The molecule has 1 fully saturated rings. The maximum absolute atomic E-state index is 13.2. The summed E-state index contributed by atoms with van der Waals surface area (Å²) in [4.78, 5) is 15.3. The SMILES string of the molecule is O=C1/C(=C/c2ccc(Cl)cc2)S/C(=N\N=C\c2cccc(Oc3ccccc3)c2)N1Cc1ccco1. The lowest BCUT2D eigenvalue weighted by Crippen LogP contribution is -2.28. The number of amidine groups is 1. The zero-order chi connectivity index (χ0) is 24.7. The fourth-order valence-electron chi connectivity index (χ4n) is 3.42. The molecule has 0 atom stereocenters. The maximum atomic E-state index is 13.2. The smallest absolute Gasteiger partial charge is 0.267 e. The number of carbonyl (C=O) groups excluding carboxylic acids is 1. The van der Waals surface area contributed by atoms with Crippen LogP contribution in [-0.4, -0.2) is 22.2 Å². The lowest BCUT2D eigenvalue weighted by atomic mass is 10.2. The van der Waals surface area contributed by atoms with Crippen molar-refractivity contribution in [1.82, 2.24) is 4.90 Å². The molecule has 0 radical (unpaired) electrons. The summed E-state index contributed by atoms with van der Waals surface area (Å²) >= 11 is 7.25. The highest BCUT2D eigenvalue weighted by Gasteiger charge is 2.34. The van der Waals surface area contributed by atoms with E-state index in [1.165, 1.54) is 11.8 Å². The second kappa shape index (κ2) is 11.1. The van der Waals surface area contributed by atoms with Crippen LogP contribution in [0.3, 0.4) is 0 Å². The molecule has 3 aromatic carbocycles. The number of furan rings is 1. The van der Waals surface area contributed by atoms with E-state index in [1.807, 2.05) is 78.9 Å². The van der Waals surface area contributed by atoms with E-state index in [2.05, 4.69) is 10.2 Å². The molecule has 0 aliphatic carbocycles. The molecule has 5 rings (SSSR count). The first-order chi connectivity index (χ1) is 17.6. The van der Waals surface area contributed by atoms with Crippen LogP contribution in [0.1, 0.15) is 16.9 Å². The van der Waals surface area contributed by atoms with Gasteiger partial charge in [0.25, 0.3) is 5.91 Å². The Morgan fingerprint density at radius 3 is 2.50 bits per heavy atom. The Balaban J connectivity index is 1.37. The van der Waals surface area contributed by atoms with Gasteiger partial charge in [-0.3, -0.25) is 9.69 Å². The number of hydrogen-bond donors (Lipinski definition) is 0. The lowest BCUT2D eigenvalue weighted by molar-refractivity contribution is -0.122. The first-order valence-corrected chi connectivity index (χ1v) is 12.3. The molecule has 178 valence electrons. The van der Waals surface area contributed by atoms with Crippen molar-refractivity contribution < 1.29 is 13.9 Å². The second-order valence-electron chi connectivity index (χ2n) is 7.75. The fraction of sp³-hybridized carbons (Fsp3) is 0.0357. The van der Waals surface area contributed by atoms with Crippen LogP contribution >= 0.6 is 23.4 Å². The van der Waals surface area contributed by atoms with Crippen LogP contribution in [0, 0.1) is 0 Å². The number of para-hydroxylation sites is 1. The first-order valence-electron chi connectivity index (χ1n) is 11.1. The Kier molecular flexibility index (Phi) is 7.30. The van der Waals surface area contributed by atoms with E-state index in [4.69, 9.17) is 20.8 Å². The van der Waals surface area contributed by atoms with Crippen molar-refractivity contribution in [2.75, 3.05) is 0 Å². The molecule has 1 saturated heterocycles. The standard InChI is InChI=1S/C28H20ClN3O3S/c29-22-13-11-20(12-14-22)17-26-27(33)32(19-25-10-5-15-34-25)28(36-26)31-30-18-21-6-4-9-24(16-21)35-23-7-2-1-3-8-23/h1-18H,19H2/b26-17-,30-18+,31-28-. The Labute approximate surface area is 217 Å². The van der Waals surface area contributed by atoms with Crippen molar-refractivity contribution in [3.8, 4) is 11.5 Å². The molecule has 0 unspecified atom stereocenters. The molecular weight excluding hydrogens is 494 g/mol. The van der Waals surface area contributed by atoms with Crippen LogP contribution in [-0.2, 0) is 11.3 Å². The van der Waals surface area contributed by atoms with Crippen LogP contribution in [0.15, 0.2) is 117 Å². The summed E-state index contributed by atoms with van der Waals surface area (Å²) in [5.74, 6) is 1.93. The van der Waals surface area contributed by atoms with Gasteiger partial charge in [-0.2, -0.15) is 5.10 Å². The Hall–Kier alpha value is -4.07. The molecule has 0 bridgehead atoms. The van der Waals surface area contributed by atoms with Gasteiger partial charge in [-0.15, -0.1) is 5.10 Å². The molecule has 1 amide bonds. The first kappa shape index (κ1) is 23.7. The zero-order valence-corrected chi connectivity index (χ0v) is 20.5. The summed E-state index contributed by atoms with van der Waals surface area (Å²) in [5.41, 5.74) is 1.68. The third-order valence-electron chi connectivity index (χ3n) is 5.14. The molecule has 0 N–H and O–H groups in total. The summed E-state index contributed by atoms with van der Waals surface area (Å²) in [6.07, 6.45) is 5.02. The van der Waals surface area contributed by atoms with E-state index in [-0.39, 0.29) is 12.5 Å². The lowest BCUT2D eigenvalue weighted by Gasteiger charge is -2.12. The fourth-order valence-corrected chi connectivity index (χ4v) is 4.48. The number of benzene rings is 3. The number of hydrogen-bond acceptors (Lipinski definition) is 6. The van der Waals surface area contributed by atoms with E-state index in [0.29, 0.717) is 26.6 Å². The van der Waals surface area contributed by atoms with Gasteiger partial charge in [0.1, 0.15) is 17.3 Å². The van der Waals surface area contributed by atoms with Crippen LogP contribution in [0.5, 0.6) is 11.5 Å². The molecule has 36 heavy (non-hydrogen) atoms. The summed E-state index contributed by atoms with van der Waals surface area (Å²) in [5, 5.41) is 9.71. The van der Waals surface area contributed by atoms with Crippen LogP contribution in [0.25, 0.3) is 6.08 Å². The average molecular weight is 514 g/mol. The highest BCUT2D eigenvalue weighted by Crippen LogP contribution is 2.34. The van der Waals surface area contributed by atoms with E-state index >= 15 is 0 Å². The van der Waals surface area contributed by atoms with E-state index in [9.17, 15) is 4.79 Å². The van der Waals surface area contributed by atoms with Gasteiger partial charge in [0.15, 0.2) is 5.17 Å². The van der Waals surface area contributed by atoms with Gasteiger partial charge in [0.05, 0.1) is 23.9 Å². The topological polar surface area (TPSA) is 67.4 Å². The van der Waals surface area contributed by atoms with Crippen molar-refractivity contribution in [3.63, 3.8) is 0 Å². The molecule has 1 aliphatic heterocycles. The largest absolute Gasteiger partial charge is 0.467 e. The summed E-state index contributed by atoms with van der Waals surface area (Å²) < 4.78 is 11.3. The Bertz CT molecular complexity index is 1430. The third kappa shape index (κ3) is 5.94. The number of ether oxygens (including phenoxy) is 1. The summed E-state index contributed by atoms with van der Waals surface area (Å²) in [6.45, 7) is 0.256. The number of carbonyl (C=O) groups is 1. The molecule has 4 aromatic rings. The Morgan fingerprint density at radius 2 is 1.72 bits per heavy atom. The Morgan fingerprint density at radius 1 is 0.917 bits per heavy atom. The van der Waals surface area contributed by atoms with Gasteiger partial charge in [-0.25, -0.2) is 0 Å². The van der Waals surface area contributed by atoms with Crippen LogP contribution in [0.4, 0.5) is 0 Å². The molecular formula is C28H20ClN3O3S.